The van der Waals surface area contributed by atoms with Gasteiger partial charge in [0, 0.05) is 5.56 Å². The molecule has 4 heteroatoms. The van der Waals surface area contributed by atoms with E-state index in [0.717, 1.165) is 5.56 Å². The number of ether oxygens (including phenoxy) is 2. The third-order valence-corrected chi connectivity index (χ3v) is 2.47. The maximum atomic E-state index is 10.4. The first-order valence-electron chi connectivity index (χ1n) is 5.46. The first kappa shape index (κ1) is 13.3. The van der Waals surface area contributed by atoms with Gasteiger partial charge in [0.15, 0.2) is 11.5 Å². The van der Waals surface area contributed by atoms with Crippen LogP contribution in [0.5, 0.6) is 11.5 Å². The second-order valence-corrected chi connectivity index (χ2v) is 4.03. The van der Waals surface area contributed by atoms with Gasteiger partial charge in [0.25, 0.3) is 0 Å². The Labute approximate surface area is 101 Å². The van der Waals surface area contributed by atoms with Gasteiger partial charge in [-0.1, -0.05) is 12.1 Å². The van der Waals surface area contributed by atoms with Crippen molar-refractivity contribution < 1.29 is 14.3 Å². The highest BCUT2D eigenvalue weighted by Crippen LogP contribution is 2.38. The third-order valence-electron chi connectivity index (χ3n) is 2.47. The van der Waals surface area contributed by atoms with E-state index in [0.29, 0.717) is 18.1 Å². The van der Waals surface area contributed by atoms with Crippen LogP contribution in [0.4, 0.5) is 0 Å². The van der Waals surface area contributed by atoms with Crippen LogP contribution in [-0.2, 0) is 10.3 Å². The molecule has 0 aliphatic rings. The highest BCUT2D eigenvalue weighted by Gasteiger charge is 2.25. The first-order valence-corrected chi connectivity index (χ1v) is 5.46. The number of isocyanates is 1. The topological polar surface area (TPSA) is 47.9 Å². The van der Waals surface area contributed by atoms with Crippen molar-refractivity contribution in [2.45, 2.75) is 26.3 Å². The maximum absolute atomic E-state index is 10.4. The lowest BCUT2D eigenvalue weighted by Crippen LogP contribution is -2.15. The molecule has 17 heavy (non-hydrogen) atoms. The van der Waals surface area contributed by atoms with Crippen molar-refractivity contribution in [3.05, 3.63) is 23.8 Å². The molecule has 0 amide bonds. The number of para-hydroxylation sites is 1. The Morgan fingerprint density at radius 1 is 1.41 bits per heavy atom. The second kappa shape index (κ2) is 5.51. The smallest absolute Gasteiger partial charge is 0.235 e. The van der Waals surface area contributed by atoms with Crippen LogP contribution in [0.1, 0.15) is 26.3 Å². The minimum absolute atomic E-state index is 0.553. The summed E-state index contributed by atoms with van der Waals surface area (Å²) in [5.74, 6) is 1.26. The van der Waals surface area contributed by atoms with Crippen molar-refractivity contribution >= 4 is 6.08 Å². The summed E-state index contributed by atoms with van der Waals surface area (Å²) in [6.07, 6.45) is 1.59. The summed E-state index contributed by atoms with van der Waals surface area (Å²) in [5.41, 5.74) is 0.120. The van der Waals surface area contributed by atoms with Crippen molar-refractivity contribution in [1.82, 2.24) is 0 Å². The molecule has 0 radical (unpaired) electrons. The lowest BCUT2D eigenvalue weighted by molar-refractivity contribution is 0.305. The third kappa shape index (κ3) is 2.86. The van der Waals surface area contributed by atoms with E-state index in [4.69, 9.17) is 9.47 Å². The normalized spacial score (nSPS) is 10.6. The van der Waals surface area contributed by atoms with Crippen LogP contribution >= 0.6 is 0 Å². The molecule has 0 aliphatic carbocycles. The summed E-state index contributed by atoms with van der Waals surface area (Å²) in [5, 5.41) is 0. The lowest BCUT2D eigenvalue weighted by Gasteiger charge is -2.22. The monoisotopic (exact) mass is 235 g/mol. The summed E-state index contributed by atoms with van der Waals surface area (Å²) in [6.45, 7) is 6.11. The molecular formula is C13H17NO3. The van der Waals surface area contributed by atoms with Gasteiger partial charge < -0.3 is 9.47 Å². The Balaban J connectivity index is 3.33. The Morgan fingerprint density at radius 3 is 2.65 bits per heavy atom. The number of hydrogen-bond donors (Lipinski definition) is 0. The summed E-state index contributed by atoms with van der Waals surface area (Å²) >= 11 is 0. The summed E-state index contributed by atoms with van der Waals surface area (Å²) in [4.78, 5) is 14.2. The summed E-state index contributed by atoms with van der Waals surface area (Å²) < 4.78 is 10.8. The molecule has 1 rings (SSSR count). The fourth-order valence-corrected chi connectivity index (χ4v) is 1.65. The van der Waals surface area contributed by atoms with Crippen molar-refractivity contribution in [3.8, 4) is 11.5 Å². The van der Waals surface area contributed by atoms with Crippen LogP contribution in [0, 0.1) is 0 Å². The number of rotatable bonds is 5. The summed E-state index contributed by atoms with van der Waals surface area (Å²) in [6, 6.07) is 5.54. The predicted molar refractivity (Wildman–Crippen MR) is 65.3 cm³/mol. The molecule has 0 aromatic heterocycles. The molecule has 0 aliphatic heterocycles. The highest BCUT2D eigenvalue weighted by molar-refractivity contribution is 5.51. The fourth-order valence-electron chi connectivity index (χ4n) is 1.65. The molecule has 0 atom stereocenters. The van der Waals surface area contributed by atoms with Gasteiger partial charge in [-0.15, -0.1) is 0 Å². The van der Waals surface area contributed by atoms with Crippen molar-refractivity contribution in [2.75, 3.05) is 13.7 Å². The second-order valence-electron chi connectivity index (χ2n) is 4.03. The molecule has 0 bridgehead atoms. The van der Waals surface area contributed by atoms with E-state index in [-0.39, 0.29) is 0 Å². The Kier molecular flexibility index (Phi) is 4.30. The van der Waals surface area contributed by atoms with Crippen molar-refractivity contribution in [1.29, 1.82) is 0 Å². The number of benzene rings is 1. The number of carbonyl (C=O) groups excluding carboxylic acids is 1. The quantitative estimate of drug-likeness (QED) is 0.582. The molecule has 0 unspecified atom stereocenters. The van der Waals surface area contributed by atoms with E-state index in [2.05, 4.69) is 4.99 Å². The first-order chi connectivity index (χ1) is 8.06. The minimum Gasteiger partial charge on any atom is -0.492 e. The van der Waals surface area contributed by atoms with Crippen LogP contribution in [-0.4, -0.2) is 19.8 Å². The molecular weight excluding hydrogens is 218 g/mol. The molecule has 0 saturated carbocycles. The van der Waals surface area contributed by atoms with Gasteiger partial charge in [-0.05, 0) is 26.8 Å². The Morgan fingerprint density at radius 2 is 2.12 bits per heavy atom. The van der Waals surface area contributed by atoms with E-state index >= 15 is 0 Å². The van der Waals surface area contributed by atoms with Crippen LogP contribution in [0.15, 0.2) is 23.2 Å². The zero-order valence-electron chi connectivity index (χ0n) is 10.6. The van der Waals surface area contributed by atoms with E-state index in [9.17, 15) is 4.79 Å². The van der Waals surface area contributed by atoms with Gasteiger partial charge in [0.05, 0.1) is 19.3 Å². The zero-order chi connectivity index (χ0) is 12.9. The van der Waals surface area contributed by atoms with Gasteiger partial charge in [0.1, 0.15) is 0 Å². The van der Waals surface area contributed by atoms with Crippen LogP contribution in [0.3, 0.4) is 0 Å². The summed E-state index contributed by atoms with van der Waals surface area (Å²) in [7, 11) is 1.57. The van der Waals surface area contributed by atoms with E-state index < -0.39 is 5.54 Å². The average Bonchev–Trinajstić information content (AvgIpc) is 2.29. The zero-order valence-corrected chi connectivity index (χ0v) is 10.6. The van der Waals surface area contributed by atoms with Crippen LogP contribution in [0.25, 0.3) is 0 Å². The molecule has 0 saturated heterocycles. The minimum atomic E-state index is -0.680. The SMILES string of the molecule is CCOc1cccc(C(C)(C)N=C=O)c1OC. The molecule has 0 fully saturated rings. The number of aliphatic imine (C=N–C) groups is 1. The standard InChI is InChI=1S/C13H17NO3/c1-5-17-11-8-6-7-10(12(11)16-4)13(2,3)14-9-15/h6-8H,5H2,1-4H3. The fraction of sp³-hybridized carbons (Fsp3) is 0.462. The molecule has 1 aromatic carbocycles. The molecule has 0 N–H and O–H groups in total. The molecule has 1 aromatic rings. The van der Waals surface area contributed by atoms with Gasteiger partial charge in [-0.3, -0.25) is 0 Å². The largest absolute Gasteiger partial charge is 0.492 e. The van der Waals surface area contributed by atoms with E-state index in [1.165, 1.54) is 0 Å². The average molecular weight is 235 g/mol. The predicted octanol–water partition coefficient (Wildman–Crippen LogP) is 2.66. The van der Waals surface area contributed by atoms with Gasteiger partial charge in [-0.2, -0.15) is 4.99 Å². The number of hydrogen-bond acceptors (Lipinski definition) is 4. The number of methoxy groups -OCH3 is 1. The number of nitrogens with zero attached hydrogens (tertiary/aromatic N) is 1. The molecule has 92 valence electrons. The molecule has 4 nitrogen and oxygen atoms in total. The van der Waals surface area contributed by atoms with Crippen LogP contribution < -0.4 is 9.47 Å². The van der Waals surface area contributed by atoms with Crippen molar-refractivity contribution in [3.63, 3.8) is 0 Å². The maximum Gasteiger partial charge on any atom is 0.235 e. The highest BCUT2D eigenvalue weighted by atomic mass is 16.5. The Hall–Kier alpha value is -1.80. The Bertz CT molecular complexity index is 434. The van der Waals surface area contributed by atoms with Gasteiger partial charge in [-0.25, -0.2) is 4.79 Å². The molecule has 0 heterocycles. The van der Waals surface area contributed by atoms with Gasteiger partial charge in [0.2, 0.25) is 6.08 Å². The van der Waals surface area contributed by atoms with Gasteiger partial charge >= 0.3 is 0 Å². The van der Waals surface area contributed by atoms with E-state index in [1.807, 2.05) is 39.0 Å². The lowest BCUT2D eigenvalue weighted by atomic mass is 9.94. The molecule has 0 spiro atoms. The van der Waals surface area contributed by atoms with Crippen LogP contribution in [0.2, 0.25) is 0 Å². The van der Waals surface area contributed by atoms with E-state index in [1.54, 1.807) is 13.2 Å². The van der Waals surface area contributed by atoms with Crippen molar-refractivity contribution in [2.24, 2.45) is 4.99 Å².